The minimum atomic E-state index is -0.198. The summed E-state index contributed by atoms with van der Waals surface area (Å²) in [5.41, 5.74) is 1.88. The highest BCUT2D eigenvalue weighted by molar-refractivity contribution is 6.30. The van der Waals surface area contributed by atoms with Crippen LogP contribution in [0.4, 0.5) is 11.6 Å². The predicted octanol–water partition coefficient (Wildman–Crippen LogP) is 3.89. The molecule has 2 heterocycles. The van der Waals surface area contributed by atoms with Crippen LogP contribution >= 0.6 is 11.6 Å². The Morgan fingerprint density at radius 2 is 2.22 bits per heavy atom. The van der Waals surface area contributed by atoms with Crippen LogP contribution in [0.25, 0.3) is 0 Å². The van der Waals surface area contributed by atoms with Crippen molar-refractivity contribution in [1.82, 2.24) is 5.16 Å². The molecule has 0 radical (unpaired) electrons. The van der Waals surface area contributed by atoms with Crippen molar-refractivity contribution in [2.45, 2.75) is 38.6 Å². The van der Waals surface area contributed by atoms with Gasteiger partial charge in [0.25, 0.3) is 0 Å². The topological polar surface area (TPSA) is 58.4 Å². The van der Waals surface area contributed by atoms with Gasteiger partial charge in [-0.15, -0.1) is 0 Å². The van der Waals surface area contributed by atoms with Gasteiger partial charge >= 0.3 is 0 Å². The Hall–Kier alpha value is -2.01. The van der Waals surface area contributed by atoms with Gasteiger partial charge in [-0.05, 0) is 43.5 Å². The van der Waals surface area contributed by atoms with E-state index in [1.54, 1.807) is 6.07 Å². The molecule has 5 nitrogen and oxygen atoms in total. The summed E-state index contributed by atoms with van der Waals surface area (Å²) in [5.74, 6) is 0.359. The summed E-state index contributed by atoms with van der Waals surface area (Å²) in [6, 6.07) is 9.18. The summed E-state index contributed by atoms with van der Waals surface area (Å²) < 4.78 is 5.19. The van der Waals surface area contributed by atoms with Crippen LogP contribution in [0.15, 0.2) is 34.9 Å². The Bertz CT molecular complexity index is 669. The van der Waals surface area contributed by atoms with E-state index in [1.165, 1.54) is 0 Å². The van der Waals surface area contributed by atoms with Gasteiger partial charge in [0, 0.05) is 23.3 Å². The lowest BCUT2D eigenvalue weighted by Gasteiger charge is -2.25. The number of carbonyl (C=O) groups excluding carboxylic acids is 1. The van der Waals surface area contributed by atoms with Gasteiger partial charge in [-0.2, -0.15) is 0 Å². The summed E-state index contributed by atoms with van der Waals surface area (Å²) in [6.45, 7) is 2.94. The van der Waals surface area contributed by atoms with Crippen molar-refractivity contribution in [3.05, 3.63) is 41.0 Å². The van der Waals surface area contributed by atoms with Gasteiger partial charge < -0.3 is 9.42 Å². The molecular formula is C17H20ClN3O2. The fraction of sp³-hybridized carbons (Fsp3) is 0.412. The Morgan fingerprint density at radius 1 is 1.43 bits per heavy atom. The van der Waals surface area contributed by atoms with Crippen LogP contribution in [-0.4, -0.2) is 23.7 Å². The average Bonchev–Trinajstić information content (AvgIpc) is 3.18. The van der Waals surface area contributed by atoms with Gasteiger partial charge in [-0.1, -0.05) is 30.1 Å². The molecule has 1 aliphatic rings. The molecule has 1 saturated heterocycles. The van der Waals surface area contributed by atoms with Crippen molar-refractivity contribution in [1.29, 1.82) is 0 Å². The van der Waals surface area contributed by atoms with Crippen molar-refractivity contribution in [2.75, 3.05) is 16.8 Å². The largest absolute Gasteiger partial charge is 0.360 e. The van der Waals surface area contributed by atoms with E-state index in [1.807, 2.05) is 24.3 Å². The second kappa shape index (κ2) is 7.04. The highest BCUT2D eigenvalue weighted by Crippen LogP contribution is 2.27. The van der Waals surface area contributed by atoms with Gasteiger partial charge in [0.1, 0.15) is 6.04 Å². The number of nitrogens with zero attached hydrogens (tertiary/aromatic N) is 2. The molecule has 0 bridgehead atoms. The van der Waals surface area contributed by atoms with Gasteiger partial charge in [-0.3, -0.25) is 10.1 Å². The Kier molecular flexibility index (Phi) is 4.86. The number of aromatic nitrogens is 1. The maximum Gasteiger partial charge on any atom is 0.249 e. The van der Waals surface area contributed by atoms with Crippen LogP contribution < -0.4 is 10.2 Å². The smallest absolute Gasteiger partial charge is 0.249 e. The molecule has 1 aliphatic heterocycles. The van der Waals surface area contributed by atoms with Gasteiger partial charge in [0.2, 0.25) is 11.8 Å². The zero-order valence-electron chi connectivity index (χ0n) is 13.1. The molecule has 1 atom stereocenters. The molecule has 1 fully saturated rings. The molecule has 3 rings (SSSR count). The van der Waals surface area contributed by atoms with E-state index < -0.39 is 0 Å². The van der Waals surface area contributed by atoms with Crippen molar-refractivity contribution in [3.8, 4) is 0 Å². The minimum Gasteiger partial charge on any atom is -0.360 e. The maximum atomic E-state index is 12.6. The number of amides is 1. The van der Waals surface area contributed by atoms with Gasteiger partial charge in [0.05, 0.1) is 5.69 Å². The van der Waals surface area contributed by atoms with Crippen LogP contribution in [0.1, 0.15) is 31.9 Å². The van der Waals surface area contributed by atoms with E-state index in [-0.39, 0.29) is 11.9 Å². The third-order valence-electron chi connectivity index (χ3n) is 4.03. The van der Waals surface area contributed by atoms with Crippen molar-refractivity contribution in [3.63, 3.8) is 0 Å². The summed E-state index contributed by atoms with van der Waals surface area (Å²) in [6.07, 6.45) is 3.65. The molecule has 6 heteroatoms. The molecule has 23 heavy (non-hydrogen) atoms. The van der Waals surface area contributed by atoms with Crippen LogP contribution in [-0.2, 0) is 11.2 Å². The Labute approximate surface area is 140 Å². The van der Waals surface area contributed by atoms with E-state index >= 15 is 0 Å². The third kappa shape index (κ3) is 3.67. The first-order chi connectivity index (χ1) is 11.2. The van der Waals surface area contributed by atoms with Crippen molar-refractivity contribution < 1.29 is 9.32 Å². The van der Waals surface area contributed by atoms with E-state index in [2.05, 4.69) is 22.3 Å². The second-order valence-electron chi connectivity index (χ2n) is 5.75. The molecule has 1 aromatic heterocycles. The molecule has 1 aromatic carbocycles. The predicted molar refractivity (Wildman–Crippen MR) is 90.9 cm³/mol. The molecule has 2 aromatic rings. The van der Waals surface area contributed by atoms with Crippen LogP contribution in [0.3, 0.4) is 0 Å². The number of nitrogens with one attached hydrogen (secondary N) is 1. The molecular weight excluding hydrogens is 314 g/mol. The fourth-order valence-electron chi connectivity index (χ4n) is 2.93. The van der Waals surface area contributed by atoms with Crippen molar-refractivity contribution in [2.24, 2.45) is 0 Å². The minimum absolute atomic E-state index is 0.0587. The van der Waals surface area contributed by atoms with E-state index in [0.29, 0.717) is 10.9 Å². The number of halogens is 1. The van der Waals surface area contributed by atoms with Gasteiger partial charge in [-0.25, -0.2) is 0 Å². The molecule has 0 spiro atoms. The number of benzene rings is 1. The number of hydrogen-bond acceptors (Lipinski definition) is 4. The SMILES string of the molecule is CCCc1cc(NC(=O)C2CCCN2c2ccc(Cl)cc2)on1. The van der Waals surface area contributed by atoms with E-state index in [0.717, 1.165) is 43.6 Å². The molecule has 0 aliphatic carbocycles. The number of rotatable bonds is 5. The second-order valence-corrected chi connectivity index (χ2v) is 6.19. The van der Waals surface area contributed by atoms with E-state index in [4.69, 9.17) is 16.1 Å². The van der Waals surface area contributed by atoms with Crippen molar-refractivity contribution >= 4 is 29.1 Å². The Balaban J connectivity index is 1.68. The third-order valence-corrected chi connectivity index (χ3v) is 4.28. The molecule has 1 N–H and O–H groups in total. The number of hydrogen-bond donors (Lipinski definition) is 1. The monoisotopic (exact) mass is 333 g/mol. The molecule has 1 unspecified atom stereocenters. The first kappa shape index (κ1) is 15.9. The summed E-state index contributed by atoms with van der Waals surface area (Å²) in [4.78, 5) is 14.7. The molecule has 122 valence electrons. The lowest BCUT2D eigenvalue weighted by Crippen LogP contribution is -2.39. The van der Waals surface area contributed by atoms with Gasteiger partial charge in [0.15, 0.2) is 0 Å². The highest BCUT2D eigenvalue weighted by atomic mass is 35.5. The normalized spacial score (nSPS) is 17.5. The summed E-state index contributed by atoms with van der Waals surface area (Å²) in [7, 11) is 0. The summed E-state index contributed by atoms with van der Waals surface area (Å²) in [5, 5.41) is 7.49. The zero-order valence-corrected chi connectivity index (χ0v) is 13.8. The molecule has 1 amide bonds. The van der Waals surface area contributed by atoms with Crippen LogP contribution in [0, 0.1) is 0 Å². The highest BCUT2D eigenvalue weighted by Gasteiger charge is 2.31. The zero-order chi connectivity index (χ0) is 16.2. The number of aryl methyl sites for hydroxylation is 1. The standard InChI is InChI=1S/C17H20ClN3O2/c1-2-4-13-11-16(23-20-13)19-17(22)15-5-3-10-21(15)14-8-6-12(18)7-9-14/h6-9,11,15H,2-5,10H2,1H3,(H,19,22). The first-order valence-electron chi connectivity index (χ1n) is 7.96. The average molecular weight is 334 g/mol. The lowest BCUT2D eigenvalue weighted by molar-refractivity contribution is -0.117. The number of anilines is 2. The first-order valence-corrected chi connectivity index (χ1v) is 8.34. The fourth-order valence-corrected chi connectivity index (χ4v) is 3.06. The van der Waals surface area contributed by atoms with Crippen LogP contribution in [0.5, 0.6) is 0 Å². The Morgan fingerprint density at radius 3 is 2.96 bits per heavy atom. The number of carbonyl (C=O) groups is 1. The quantitative estimate of drug-likeness (QED) is 0.901. The molecule has 0 saturated carbocycles. The summed E-state index contributed by atoms with van der Waals surface area (Å²) >= 11 is 5.94. The maximum absolute atomic E-state index is 12.6. The van der Waals surface area contributed by atoms with E-state index in [9.17, 15) is 4.79 Å². The van der Waals surface area contributed by atoms with Crippen LogP contribution in [0.2, 0.25) is 5.02 Å². The lowest BCUT2D eigenvalue weighted by atomic mass is 10.2.